The number of rotatable bonds is 2. The Hall–Kier alpha value is -0.890. The van der Waals surface area contributed by atoms with Crippen molar-refractivity contribution >= 4 is 0 Å². The first-order valence-electron chi connectivity index (χ1n) is 6.58. The smallest absolute Gasteiger partial charge is 0.123 e. The number of benzene rings is 1. The average Bonchev–Trinajstić information content (AvgIpc) is 2.88. The topological polar surface area (TPSA) is 20.2 Å². The molecule has 0 heterocycles. The SMILES string of the molecule is Cc1cc(F)cc(C(O)C2CC3CCC2C3)c1. The maximum Gasteiger partial charge on any atom is 0.123 e. The van der Waals surface area contributed by atoms with Gasteiger partial charge in [-0.1, -0.05) is 12.5 Å². The van der Waals surface area contributed by atoms with E-state index in [0.717, 1.165) is 23.5 Å². The Bertz CT molecular complexity index is 409. The van der Waals surface area contributed by atoms with Crippen molar-refractivity contribution in [3.05, 3.63) is 35.1 Å². The molecule has 3 rings (SSSR count). The van der Waals surface area contributed by atoms with Crippen molar-refractivity contribution in [2.75, 3.05) is 0 Å². The van der Waals surface area contributed by atoms with Crippen LogP contribution in [0, 0.1) is 30.5 Å². The Morgan fingerprint density at radius 1 is 1.24 bits per heavy atom. The van der Waals surface area contributed by atoms with Crippen LogP contribution in [0.15, 0.2) is 18.2 Å². The highest BCUT2D eigenvalue weighted by molar-refractivity contribution is 5.26. The monoisotopic (exact) mass is 234 g/mol. The van der Waals surface area contributed by atoms with Crippen molar-refractivity contribution in [3.8, 4) is 0 Å². The first kappa shape index (κ1) is 11.2. The Labute approximate surface area is 102 Å². The molecule has 4 unspecified atom stereocenters. The number of aliphatic hydroxyl groups is 1. The van der Waals surface area contributed by atoms with Gasteiger partial charge in [0.1, 0.15) is 5.82 Å². The summed E-state index contributed by atoms with van der Waals surface area (Å²) in [5, 5.41) is 10.4. The molecule has 2 aliphatic rings. The molecule has 1 N–H and O–H groups in total. The van der Waals surface area contributed by atoms with E-state index in [1.807, 2.05) is 13.0 Å². The lowest BCUT2D eigenvalue weighted by atomic mass is 9.82. The summed E-state index contributed by atoms with van der Waals surface area (Å²) in [6.07, 6.45) is 4.51. The highest BCUT2D eigenvalue weighted by Crippen LogP contribution is 2.52. The van der Waals surface area contributed by atoms with Gasteiger partial charge in [0, 0.05) is 0 Å². The van der Waals surface area contributed by atoms with E-state index < -0.39 is 6.10 Å². The molecule has 1 nitrogen and oxygen atoms in total. The summed E-state index contributed by atoms with van der Waals surface area (Å²) in [6.45, 7) is 1.88. The molecule has 2 aliphatic carbocycles. The van der Waals surface area contributed by atoms with Crippen molar-refractivity contribution in [1.82, 2.24) is 0 Å². The standard InChI is InChI=1S/C15H19FO/c1-9-4-12(8-13(16)5-9)15(17)14-7-10-2-3-11(14)6-10/h4-5,8,10-11,14-15,17H,2-3,6-7H2,1H3. The molecule has 2 heteroatoms. The Morgan fingerprint density at radius 3 is 2.65 bits per heavy atom. The quantitative estimate of drug-likeness (QED) is 0.829. The molecule has 4 atom stereocenters. The molecule has 2 saturated carbocycles. The zero-order valence-corrected chi connectivity index (χ0v) is 10.2. The Kier molecular flexibility index (Phi) is 2.70. The van der Waals surface area contributed by atoms with Crippen LogP contribution in [0.25, 0.3) is 0 Å². The fraction of sp³-hybridized carbons (Fsp3) is 0.600. The molecule has 0 saturated heterocycles. The van der Waals surface area contributed by atoms with Crippen molar-refractivity contribution in [1.29, 1.82) is 0 Å². The largest absolute Gasteiger partial charge is 0.388 e. The third kappa shape index (κ3) is 1.99. The first-order valence-corrected chi connectivity index (χ1v) is 6.58. The van der Waals surface area contributed by atoms with Gasteiger partial charge >= 0.3 is 0 Å². The van der Waals surface area contributed by atoms with Gasteiger partial charge in [-0.15, -0.1) is 0 Å². The third-order valence-electron chi connectivity index (χ3n) is 4.60. The van der Waals surface area contributed by atoms with Gasteiger partial charge in [-0.25, -0.2) is 4.39 Å². The summed E-state index contributed by atoms with van der Waals surface area (Å²) < 4.78 is 13.4. The van der Waals surface area contributed by atoms with Crippen molar-refractivity contribution in [2.24, 2.45) is 17.8 Å². The highest BCUT2D eigenvalue weighted by atomic mass is 19.1. The van der Waals surface area contributed by atoms with E-state index in [9.17, 15) is 9.50 Å². The second-order valence-corrected chi connectivity index (χ2v) is 5.85. The predicted molar refractivity (Wildman–Crippen MR) is 65.0 cm³/mol. The Balaban J connectivity index is 1.83. The summed E-state index contributed by atoms with van der Waals surface area (Å²) in [7, 11) is 0. The van der Waals surface area contributed by atoms with Crippen LogP contribution >= 0.6 is 0 Å². The summed E-state index contributed by atoms with van der Waals surface area (Å²) in [5.74, 6) is 1.60. The molecule has 17 heavy (non-hydrogen) atoms. The number of hydrogen-bond acceptors (Lipinski definition) is 1. The van der Waals surface area contributed by atoms with E-state index in [1.165, 1.54) is 31.4 Å². The molecule has 92 valence electrons. The minimum atomic E-state index is -0.473. The summed E-state index contributed by atoms with van der Waals surface area (Å²) in [5.41, 5.74) is 1.65. The van der Waals surface area contributed by atoms with Gasteiger partial charge in [-0.3, -0.25) is 0 Å². The third-order valence-corrected chi connectivity index (χ3v) is 4.60. The molecule has 2 fully saturated rings. The molecule has 0 amide bonds. The lowest BCUT2D eigenvalue weighted by Gasteiger charge is -2.27. The first-order chi connectivity index (χ1) is 8.13. The molecule has 0 radical (unpaired) electrons. The maximum absolute atomic E-state index is 13.4. The number of halogens is 1. The van der Waals surface area contributed by atoms with E-state index in [2.05, 4.69) is 0 Å². The van der Waals surface area contributed by atoms with Crippen LogP contribution in [0.2, 0.25) is 0 Å². The van der Waals surface area contributed by atoms with Gasteiger partial charge in [0.15, 0.2) is 0 Å². The fourth-order valence-corrected chi connectivity index (χ4v) is 3.86. The summed E-state index contributed by atoms with van der Waals surface area (Å²) >= 11 is 0. The molecule has 1 aromatic rings. The van der Waals surface area contributed by atoms with Gasteiger partial charge in [0.05, 0.1) is 6.10 Å². The van der Waals surface area contributed by atoms with Gasteiger partial charge in [-0.05, 0) is 67.2 Å². The van der Waals surface area contributed by atoms with Gasteiger partial charge in [0.2, 0.25) is 0 Å². The van der Waals surface area contributed by atoms with Crippen LogP contribution in [-0.2, 0) is 0 Å². The molecule has 0 spiro atoms. The normalized spacial score (nSPS) is 33.0. The van der Waals surface area contributed by atoms with Gasteiger partial charge < -0.3 is 5.11 Å². The van der Waals surface area contributed by atoms with Crippen molar-refractivity contribution in [2.45, 2.75) is 38.7 Å². The zero-order chi connectivity index (χ0) is 12.0. The van der Waals surface area contributed by atoms with Gasteiger partial charge in [-0.2, -0.15) is 0 Å². The molecular formula is C15H19FO. The number of fused-ring (bicyclic) bond motifs is 2. The number of aryl methyl sites for hydroxylation is 1. The minimum Gasteiger partial charge on any atom is -0.388 e. The maximum atomic E-state index is 13.4. The lowest BCUT2D eigenvalue weighted by molar-refractivity contribution is 0.0742. The molecule has 2 bridgehead atoms. The van der Waals surface area contributed by atoms with E-state index in [0.29, 0.717) is 11.8 Å². The summed E-state index contributed by atoms with van der Waals surface area (Å²) in [4.78, 5) is 0. The van der Waals surface area contributed by atoms with Crippen LogP contribution < -0.4 is 0 Å². The average molecular weight is 234 g/mol. The van der Waals surface area contributed by atoms with Crippen LogP contribution in [0.5, 0.6) is 0 Å². The second-order valence-electron chi connectivity index (χ2n) is 5.85. The predicted octanol–water partition coefficient (Wildman–Crippen LogP) is 3.60. The van der Waals surface area contributed by atoms with Gasteiger partial charge in [0.25, 0.3) is 0 Å². The second kappa shape index (κ2) is 4.09. The molecule has 1 aromatic carbocycles. The highest BCUT2D eigenvalue weighted by Gasteiger charge is 2.43. The van der Waals surface area contributed by atoms with E-state index in [-0.39, 0.29) is 5.82 Å². The molecular weight excluding hydrogens is 215 g/mol. The number of aliphatic hydroxyl groups excluding tert-OH is 1. The van der Waals surface area contributed by atoms with Crippen LogP contribution in [0.1, 0.15) is 42.9 Å². The zero-order valence-electron chi connectivity index (χ0n) is 10.2. The van der Waals surface area contributed by atoms with Crippen LogP contribution in [-0.4, -0.2) is 5.11 Å². The fourth-order valence-electron chi connectivity index (χ4n) is 3.86. The minimum absolute atomic E-state index is 0.234. The van der Waals surface area contributed by atoms with Crippen molar-refractivity contribution < 1.29 is 9.50 Å². The Morgan fingerprint density at radius 2 is 2.06 bits per heavy atom. The summed E-state index contributed by atoms with van der Waals surface area (Å²) in [6, 6.07) is 4.92. The van der Waals surface area contributed by atoms with E-state index >= 15 is 0 Å². The molecule has 0 aromatic heterocycles. The van der Waals surface area contributed by atoms with E-state index in [4.69, 9.17) is 0 Å². The van der Waals surface area contributed by atoms with E-state index in [1.54, 1.807) is 0 Å². The lowest BCUT2D eigenvalue weighted by Crippen LogP contribution is -2.19. The molecule has 0 aliphatic heterocycles. The van der Waals surface area contributed by atoms with Crippen LogP contribution in [0.4, 0.5) is 4.39 Å². The van der Waals surface area contributed by atoms with Crippen LogP contribution in [0.3, 0.4) is 0 Å². The van der Waals surface area contributed by atoms with Crippen molar-refractivity contribution in [3.63, 3.8) is 0 Å². The number of hydrogen-bond donors (Lipinski definition) is 1.